The van der Waals surface area contributed by atoms with Gasteiger partial charge in [0.2, 0.25) is 0 Å². The van der Waals surface area contributed by atoms with Gasteiger partial charge in [0.25, 0.3) is 0 Å². The first-order valence-corrected chi connectivity index (χ1v) is 9.96. The number of rotatable bonds is 6. The molecule has 2 aromatic rings. The van der Waals surface area contributed by atoms with Crippen LogP contribution in [0.1, 0.15) is 51.2 Å². The standard InChI is InChI=1S/C22H27NOS/c1-5-19(11-10-17(3)24)22(4)13-12-18-8-6-7-9-20(18)23(22)21-14-16(2)15-25-21/h6-9,12-15,19H,5,10-11H2,1-4H3. The number of aryl methyl sites for hydroxylation is 1. The van der Waals surface area contributed by atoms with Crippen LogP contribution in [0.15, 0.2) is 41.8 Å². The minimum atomic E-state index is -0.129. The summed E-state index contributed by atoms with van der Waals surface area (Å²) >= 11 is 1.80. The second-order valence-corrected chi connectivity index (χ2v) is 8.15. The lowest BCUT2D eigenvalue weighted by Crippen LogP contribution is -2.49. The second-order valence-electron chi connectivity index (χ2n) is 7.26. The SMILES string of the molecule is CCC(CCC(C)=O)C1(C)C=Cc2ccccc2N1c1cc(C)cs1. The number of hydrogen-bond acceptors (Lipinski definition) is 3. The van der Waals surface area contributed by atoms with E-state index in [9.17, 15) is 4.79 Å². The first-order chi connectivity index (χ1) is 12.0. The number of carbonyl (C=O) groups is 1. The molecule has 1 aromatic carbocycles. The normalized spacial score (nSPS) is 20.4. The van der Waals surface area contributed by atoms with Crippen molar-refractivity contribution >= 4 is 33.9 Å². The summed E-state index contributed by atoms with van der Waals surface area (Å²) in [5.41, 5.74) is 3.68. The topological polar surface area (TPSA) is 20.3 Å². The maximum absolute atomic E-state index is 11.6. The highest BCUT2D eigenvalue weighted by molar-refractivity contribution is 7.14. The molecule has 0 saturated carbocycles. The van der Waals surface area contributed by atoms with Crippen LogP contribution in [0.25, 0.3) is 6.08 Å². The Kier molecular flexibility index (Phi) is 5.14. The van der Waals surface area contributed by atoms with Crippen LogP contribution in [0.4, 0.5) is 10.7 Å². The van der Waals surface area contributed by atoms with Crippen molar-refractivity contribution < 1.29 is 4.79 Å². The maximum atomic E-state index is 11.6. The third-order valence-electron chi connectivity index (χ3n) is 5.36. The molecule has 2 unspecified atom stereocenters. The molecule has 0 fully saturated rings. The van der Waals surface area contributed by atoms with Gasteiger partial charge in [0.15, 0.2) is 0 Å². The predicted octanol–water partition coefficient (Wildman–Crippen LogP) is 6.38. The zero-order chi connectivity index (χ0) is 18.0. The fraction of sp³-hybridized carbons (Fsp3) is 0.409. The fourth-order valence-corrected chi connectivity index (χ4v) is 4.95. The van der Waals surface area contributed by atoms with E-state index >= 15 is 0 Å². The number of Topliss-reactive ketones (excluding diaryl/α,β-unsaturated/α-hetero) is 1. The first kappa shape index (κ1) is 17.9. The Hall–Kier alpha value is -1.87. The molecular weight excluding hydrogens is 326 g/mol. The summed E-state index contributed by atoms with van der Waals surface area (Å²) in [6.07, 6.45) is 7.23. The minimum absolute atomic E-state index is 0.129. The van der Waals surface area contributed by atoms with E-state index in [0.29, 0.717) is 12.3 Å². The third kappa shape index (κ3) is 3.43. The van der Waals surface area contributed by atoms with E-state index < -0.39 is 0 Å². The molecule has 3 rings (SSSR count). The molecule has 0 amide bonds. The van der Waals surface area contributed by atoms with Gasteiger partial charge in [-0.1, -0.05) is 43.7 Å². The molecule has 0 saturated heterocycles. The largest absolute Gasteiger partial charge is 0.323 e. The third-order valence-corrected chi connectivity index (χ3v) is 6.39. The van der Waals surface area contributed by atoms with E-state index in [1.165, 1.54) is 21.8 Å². The van der Waals surface area contributed by atoms with Crippen molar-refractivity contribution in [3.63, 3.8) is 0 Å². The lowest BCUT2D eigenvalue weighted by Gasteiger charge is -2.48. The molecule has 25 heavy (non-hydrogen) atoms. The molecule has 1 aliphatic heterocycles. The van der Waals surface area contributed by atoms with Crippen LogP contribution in [-0.2, 0) is 4.79 Å². The van der Waals surface area contributed by atoms with Gasteiger partial charge in [0.1, 0.15) is 5.78 Å². The number of benzene rings is 1. The quantitative estimate of drug-likeness (QED) is 0.601. The van der Waals surface area contributed by atoms with Crippen molar-refractivity contribution in [3.05, 3.63) is 52.9 Å². The Morgan fingerprint density at radius 1 is 1.32 bits per heavy atom. The van der Waals surface area contributed by atoms with Gasteiger partial charge in [-0.3, -0.25) is 0 Å². The Bertz CT molecular complexity index is 791. The molecule has 2 heterocycles. The Morgan fingerprint density at radius 2 is 2.08 bits per heavy atom. The van der Waals surface area contributed by atoms with Gasteiger partial charge in [0, 0.05) is 12.1 Å². The number of ketones is 1. The monoisotopic (exact) mass is 353 g/mol. The van der Waals surface area contributed by atoms with Crippen LogP contribution in [-0.4, -0.2) is 11.3 Å². The number of anilines is 2. The number of fused-ring (bicyclic) bond motifs is 1. The van der Waals surface area contributed by atoms with E-state index in [1.807, 2.05) is 0 Å². The van der Waals surface area contributed by atoms with Gasteiger partial charge in [-0.05, 0) is 61.7 Å². The van der Waals surface area contributed by atoms with E-state index in [-0.39, 0.29) is 11.3 Å². The van der Waals surface area contributed by atoms with Crippen LogP contribution in [0.3, 0.4) is 0 Å². The summed E-state index contributed by atoms with van der Waals surface area (Å²) in [5, 5.41) is 3.49. The van der Waals surface area contributed by atoms with Gasteiger partial charge in [-0.15, -0.1) is 11.3 Å². The first-order valence-electron chi connectivity index (χ1n) is 9.08. The van der Waals surface area contributed by atoms with Crippen molar-refractivity contribution in [3.8, 4) is 0 Å². The zero-order valence-corrected chi connectivity index (χ0v) is 16.4. The molecule has 3 heteroatoms. The van der Waals surface area contributed by atoms with E-state index in [4.69, 9.17) is 0 Å². The molecule has 0 radical (unpaired) electrons. The van der Waals surface area contributed by atoms with Crippen molar-refractivity contribution in [1.29, 1.82) is 0 Å². The van der Waals surface area contributed by atoms with Gasteiger partial charge in [-0.2, -0.15) is 0 Å². The molecule has 0 N–H and O–H groups in total. The molecular formula is C22H27NOS. The van der Waals surface area contributed by atoms with Crippen LogP contribution in [0, 0.1) is 12.8 Å². The van der Waals surface area contributed by atoms with Crippen molar-refractivity contribution in [2.45, 2.75) is 52.5 Å². The van der Waals surface area contributed by atoms with Gasteiger partial charge < -0.3 is 9.69 Å². The number of thiophene rings is 1. The summed E-state index contributed by atoms with van der Waals surface area (Å²) in [6.45, 7) is 8.41. The molecule has 1 aromatic heterocycles. The summed E-state index contributed by atoms with van der Waals surface area (Å²) in [6, 6.07) is 10.9. The fourth-order valence-electron chi connectivity index (χ4n) is 3.92. The average molecular weight is 354 g/mol. The van der Waals surface area contributed by atoms with Crippen molar-refractivity contribution in [2.24, 2.45) is 5.92 Å². The summed E-state index contributed by atoms with van der Waals surface area (Å²) in [5.74, 6) is 0.698. The predicted molar refractivity (Wildman–Crippen MR) is 109 cm³/mol. The highest BCUT2D eigenvalue weighted by atomic mass is 32.1. The molecule has 0 aliphatic carbocycles. The Labute approximate surface area is 155 Å². The summed E-state index contributed by atoms with van der Waals surface area (Å²) in [7, 11) is 0. The Morgan fingerprint density at radius 3 is 2.72 bits per heavy atom. The summed E-state index contributed by atoms with van der Waals surface area (Å²) in [4.78, 5) is 14.1. The average Bonchev–Trinajstić information content (AvgIpc) is 3.00. The number of nitrogens with zero attached hydrogens (tertiary/aromatic N) is 1. The van der Waals surface area contributed by atoms with Crippen molar-refractivity contribution in [2.75, 3.05) is 4.90 Å². The lowest BCUT2D eigenvalue weighted by molar-refractivity contribution is -0.117. The molecule has 2 atom stereocenters. The van der Waals surface area contributed by atoms with Crippen LogP contribution in [0.2, 0.25) is 0 Å². The Balaban J connectivity index is 2.08. The van der Waals surface area contributed by atoms with E-state index in [2.05, 4.69) is 73.5 Å². The molecule has 0 spiro atoms. The van der Waals surface area contributed by atoms with Gasteiger partial charge in [-0.25, -0.2) is 0 Å². The van der Waals surface area contributed by atoms with Gasteiger partial charge in [0.05, 0.1) is 10.5 Å². The molecule has 132 valence electrons. The number of carbonyl (C=O) groups excluding carboxylic acids is 1. The molecule has 0 bridgehead atoms. The number of hydrogen-bond donors (Lipinski definition) is 0. The van der Waals surface area contributed by atoms with Crippen LogP contribution in [0.5, 0.6) is 0 Å². The van der Waals surface area contributed by atoms with Crippen LogP contribution >= 0.6 is 11.3 Å². The minimum Gasteiger partial charge on any atom is -0.323 e. The maximum Gasteiger partial charge on any atom is 0.129 e. The smallest absolute Gasteiger partial charge is 0.129 e. The van der Waals surface area contributed by atoms with E-state index in [0.717, 1.165) is 12.8 Å². The second kappa shape index (κ2) is 7.17. The zero-order valence-electron chi connectivity index (χ0n) is 15.6. The highest BCUT2D eigenvalue weighted by Crippen LogP contribution is 2.47. The van der Waals surface area contributed by atoms with E-state index in [1.54, 1.807) is 18.3 Å². The van der Waals surface area contributed by atoms with Gasteiger partial charge >= 0.3 is 0 Å². The van der Waals surface area contributed by atoms with Crippen LogP contribution < -0.4 is 4.90 Å². The summed E-state index contributed by atoms with van der Waals surface area (Å²) < 4.78 is 0. The molecule has 2 nitrogen and oxygen atoms in total. The highest BCUT2D eigenvalue weighted by Gasteiger charge is 2.40. The molecule has 1 aliphatic rings. The van der Waals surface area contributed by atoms with Crippen molar-refractivity contribution in [1.82, 2.24) is 0 Å². The lowest BCUT2D eigenvalue weighted by atomic mass is 9.76. The number of para-hydroxylation sites is 1.